The van der Waals surface area contributed by atoms with Gasteiger partial charge in [-0.3, -0.25) is 4.79 Å². The van der Waals surface area contributed by atoms with Gasteiger partial charge in [-0.25, -0.2) is 4.39 Å². The predicted octanol–water partition coefficient (Wildman–Crippen LogP) is 4.11. The van der Waals surface area contributed by atoms with Crippen molar-refractivity contribution in [1.29, 1.82) is 0 Å². The van der Waals surface area contributed by atoms with Crippen LogP contribution in [0.1, 0.15) is 30.4 Å². The van der Waals surface area contributed by atoms with E-state index in [1.54, 1.807) is 0 Å². The monoisotopic (exact) mass is 309 g/mol. The summed E-state index contributed by atoms with van der Waals surface area (Å²) >= 11 is 0. The van der Waals surface area contributed by atoms with E-state index in [2.05, 4.69) is 0 Å². The second kappa shape index (κ2) is 5.19. The molecule has 23 heavy (non-hydrogen) atoms. The lowest BCUT2D eigenvalue weighted by Crippen LogP contribution is -2.70. The van der Waals surface area contributed by atoms with Crippen molar-refractivity contribution in [3.8, 4) is 0 Å². The molecule has 0 spiro atoms. The van der Waals surface area contributed by atoms with E-state index in [1.165, 1.54) is 0 Å². The second-order valence-electron chi connectivity index (χ2n) is 7.09. The van der Waals surface area contributed by atoms with Gasteiger partial charge >= 0.3 is 0 Å². The van der Waals surface area contributed by atoms with Crippen molar-refractivity contribution in [2.75, 3.05) is 0 Å². The zero-order valence-corrected chi connectivity index (χ0v) is 13.0. The molecular formula is C20H20FNO. The Hall–Kier alpha value is -2.16. The molecule has 0 radical (unpaired) electrons. The van der Waals surface area contributed by atoms with Gasteiger partial charge in [0, 0.05) is 13.1 Å². The molecular weight excluding hydrogens is 289 g/mol. The molecule has 2 bridgehead atoms. The quantitative estimate of drug-likeness (QED) is 0.814. The highest BCUT2D eigenvalue weighted by atomic mass is 19.1. The lowest BCUT2D eigenvalue weighted by atomic mass is 9.42. The molecule has 3 fully saturated rings. The van der Waals surface area contributed by atoms with Crippen LogP contribution >= 0.6 is 0 Å². The van der Waals surface area contributed by atoms with Gasteiger partial charge in [0.15, 0.2) is 0 Å². The Balaban J connectivity index is 1.55. The van der Waals surface area contributed by atoms with Crippen LogP contribution < -0.4 is 0 Å². The minimum absolute atomic E-state index is 0.115. The Morgan fingerprint density at radius 3 is 1.70 bits per heavy atom. The van der Waals surface area contributed by atoms with Crippen molar-refractivity contribution >= 4 is 5.91 Å². The Labute approximate surface area is 135 Å². The van der Waals surface area contributed by atoms with Crippen LogP contribution in [0.4, 0.5) is 4.39 Å². The molecule has 2 aromatic carbocycles. The summed E-state index contributed by atoms with van der Waals surface area (Å²) in [5, 5.41) is 0. The van der Waals surface area contributed by atoms with E-state index in [-0.39, 0.29) is 5.91 Å². The smallest absolute Gasteiger partial charge is 0.229 e. The number of carbonyl (C=O) groups excluding carboxylic acids is 1. The standard InChI is InChI=1S/C20H20FNO/c21-20-13-19(14-20,15-20)18(23)22(11-16-7-3-1-4-8-16)12-17-9-5-2-6-10-17/h1-10H,11-15H2. The molecule has 0 aliphatic heterocycles. The van der Waals surface area contributed by atoms with Crippen LogP contribution in [0, 0.1) is 5.41 Å². The van der Waals surface area contributed by atoms with Crippen LogP contribution in [-0.2, 0) is 17.9 Å². The van der Waals surface area contributed by atoms with Crippen LogP contribution in [0.25, 0.3) is 0 Å². The van der Waals surface area contributed by atoms with Gasteiger partial charge in [-0.1, -0.05) is 60.7 Å². The summed E-state index contributed by atoms with van der Waals surface area (Å²) in [7, 11) is 0. The van der Waals surface area contributed by atoms with Gasteiger partial charge in [0.25, 0.3) is 0 Å². The first kappa shape index (κ1) is 14.4. The molecule has 3 aliphatic carbocycles. The summed E-state index contributed by atoms with van der Waals surface area (Å²) in [6, 6.07) is 20.0. The Bertz CT molecular complexity index is 652. The number of alkyl halides is 1. The molecule has 0 aromatic heterocycles. The average molecular weight is 309 g/mol. The number of benzene rings is 2. The lowest BCUT2D eigenvalue weighted by Gasteiger charge is -2.65. The van der Waals surface area contributed by atoms with Crippen LogP contribution in [0.15, 0.2) is 60.7 Å². The number of carbonyl (C=O) groups is 1. The van der Waals surface area contributed by atoms with E-state index >= 15 is 0 Å². The third-order valence-electron chi connectivity index (χ3n) is 5.14. The molecule has 1 amide bonds. The van der Waals surface area contributed by atoms with Crippen molar-refractivity contribution in [2.45, 2.75) is 38.0 Å². The predicted molar refractivity (Wildman–Crippen MR) is 87.3 cm³/mol. The van der Waals surface area contributed by atoms with Gasteiger partial charge < -0.3 is 4.90 Å². The molecule has 5 rings (SSSR count). The first-order chi connectivity index (χ1) is 11.1. The van der Waals surface area contributed by atoms with Crippen molar-refractivity contribution < 1.29 is 9.18 Å². The molecule has 0 unspecified atom stereocenters. The van der Waals surface area contributed by atoms with E-state index in [1.807, 2.05) is 65.6 Å². The number of halogens is 1. The lowest BCUT2D eigenvalue weighted by molar-refractivity contribution is -0.222. The fraction of sp³-hybridized carbons (Fsp3) is 0.350. The second-order valence-corrected chi connectivity index (χ2v) is 7.09. The Morgan fingerprint density at radius 2 is 1.30 bits per heavy atom. The molecule has 3 aliphatic rings. The maximum atomic E-state index is 13.8. The summed E-state index contributed by atoms with van der Waals surface area (Å²) in [5.74, 6) is 0.115. The van der Waals surface area contributed by atoms with Gasteiger partial charge in [0.1, 0.15) is 5.67 Å². The van der Waals surface area contributed by atoms with E-state index in [9.17, 15) is 9.18 Å². The highest BCUT2D eigenvalue weighted by Gasteiger charge is 2.73. The third kappa shape index (κ3) is 2.54. The van der Waals surface area contributed by atoms with Crippen molar-refractivity contribution in [3.63, 3.8) is 0 Å². The Kier molecular flexibility index (Phi) is 3.26. The molecule has 3 heteroatoms. The number of rotatable bonds is 5. The molecule has 3 saturated carbocycles. The van der Waals surface area contributed by atoms with Gasteiger partial charge in [0.05, 0.1) is 5.41 Å². The van der Waals surface area contributed by atoms with E-state index in [4.69, 9.17) is 0 Å². The fourth-order valence-electron chi connectivity index (χ4n) is 4.03. The van der Waals surface area contributed by atoms with E-state index < -0.39 is 11.1 Å². The van der Waals surface area contributed by atoms with Gasteiger partial charge in [-0.05, 0) is 30.4 Å². The topological polar surface area (TPSA) is 20.3 Å². The maximum Gasteiger partial charge on any atom is 0.229 e. The van der Waals surface area contributed by atoms with Gasteiger partial charge in [0.2, 0.25) is 5.91 Å². The number of nitrogens with zero attached hydrogens (tertiary/aromatic N) is 1. The largest absolute Gasteiger partial charge is 0.334 e. The van der Waals surface area contributed by atoms with E-state index in [0.29, 0.717) is 32.4 Å². The minimum Gasteiger partial charge on any atom is -0.334 e. The molecule has 2 nitrogen and oxygen atoms in total. The number of amides is 1. The third-order valence-corrected chi connectivity index (χ3v) is 5.14. The van der Waals surface area contributed by atoms with Crippen LogP contribution in [0.2, 0.25) is 0 Å². The van der Waals surface area contributed by atoms with Gasteiger partial charge in [-0.15, -0.1) is 0 Å². The SMILES string of the molecule is O=C(N(Cc1ccccc1)Cc1ccccc1)C12CC(F)(C1)C2. The first-order valence-corrected chi connectivity index (χ1v) is 8.15. The highest BCUT2D eigenvalue weighted by molar-refractivity contribution is 5.87. The molecule has 118 valence electrons. The molecule has 2 aromatic rings. The number of hydrogen-bond acceptors (Lipinski definition) is 1. The average Bonchev–Trinajstić information content (AvgIpc) is 2.52. The summed E-state index contributed by atoms with van der Waals surface area (Å²) in [5.41, 5.74) is 0.760. The highest BCUT2D eigenvalue weighted by Crippen LogP contribution is 2.70. The van der Waals surface area contributed by atoms with Crippen molar-refractivity contribution in [1.82, 2.24) is 4.90 Å². The normalized spacial score (nSPS) is 27.7. The zero-order valence-electron chi connectivity index (χ0n) is 13.0. The molecule has 0 heterocycles. The minimum atomic E-state index is -1.04. The summed E-state index contributed by atoms with van der Waals surface area (Å²) in [4.78, 5) is 14.9. The molecule has 0 N–H and O–H groups in total. The van der Waals surface area contributed by atoms with E-state index in [0.717, 1.165) is 11.1 Å². The van der Waals surface area contributed by atoms with Crippen LogP contribution in [0.5, 0.6) is 0 Å². The van der Waals surface area contributed by atoms with Crippen molar-refractivity contribution in [2.24, 2.45) is 5.41 Å². The maximum absolute atomic E-state index is 13.8. The Morgan fingerprint density at radius 1 is 0.870 bits per heavy atom. The summed E-state index contributed by atoms with van der Waals surface area (Å²) in [6.07, 6.45) is 1.25. The van der Waals surface area contributed by atoms with Crippen LogP contribution in [-0.4, -0.2) is 16.5 Å². The molecule has 0 atom stereocenters. The fourth-order valence-corrected chi connectivity index (χ4v) is 4.03. The summed E-state index contributed by atoms with van der Waals surface area (Å²) in [6.45, 7) is 1.16. The number of hydrogen-bond donors (Lipinski definition) is 0. The summed E-state index contributed by atoms with van der Waals surface area (Å²) < 4.78 is 13.8. The zero-order chi connectivity index (χ0) is 15.9. The van der Waals surface area contributed by atoms with Gasteiger partial charge in [-0.2, -0.15) is 0 Å². The first-order valence-electron chi connectivity index (χ1n) is 8.15. The van der Waals surface area contributed by atoms with Crippen LogP contribution in [0.3, 0.4) is 0 Å². The van der Waals surface area contributed by atoms with Crippen molar-refractivity contribution in [3.05, 3.63) is 71.8 Å². The molecule has 0 saturated heterocycles.